The fourth-order valence-corrected chi connectivity index (χ4v) is 3.17. The first kappa shape index (κ1) is 18.0. The van der Waals surface area contributed by atoms with E-state index in [9.17, 15) is 4.79 Å². The second-order valence-electron chi connectivity index (χ2n) is 6.07. The summed E-state index contributed by atoms with van der Waals surface area (Å²) in [5.74, 6) is 0.691. The Morgan fingerprint density at radius 2 is 1.81 bits per heavy atom. The van der Waals surface area contributed by atoms with Crippen LogP contribution in [0.1, 0.15) is 27.3 Å². The van der Waals surface area contributed by atoms with Gasteiger partial charge in [-0.1, -0.05) is 17.7 Å². The highest BCUT2D eigenvalue weighted by Crippen LogP contribution is 2.24. The highest BCUT2D eigenvalue weighted by molar-refractivity contribution is 6.30. The lowest BCUT2D eigenvalue weighted by atomic mass is 10.1. The summed E-state index contributed by atoms with van der Waals surface area (Å²) < 4.78 is 7.25. The molecule has 0 aliphatic carbocycles. The van der Waals surface area contributed by atoms with Gasteiger partial charge in [-0.2, -0.15) is 0 Å². The number of halogens is 1. The third-order valence-electron chi connectivity index (χ3n) is 4.33. The number of carbonyl (C=O) groups is 1. The van der Waals surface area contributed by atoms with E-state index in [-0.39, 0.29) is 5.78 Å². The fraction of sp³-hybridized carbons (Fsp3) is 0.136. The highest BCUT2D eigenvalue weighted by Gasteiger charge is 2.10. The maximum Gasteiger partial charge on any atom is 0.185 e. The summed E-state index contributed by atoms with van der Waals surface area (Å²) in [4.78, 5) is 12.4. The molecule has 1 aromatic heterocycles. The van der Waals surface area contributed by atoms with E-state index in [1.165, 1.54) is 0 Å². The van der Waals surface area contributed by atoms with Crippen LogP contribution in [0.3, 0.4) is 0 Å². The van der Waals surface area contributed by atoms with Crippen LogP contribution >= 0.6 is 11.6 Å². The molecular formula is C22H20ClNO2. The zero-order valence-electron chi connectivity index (χ0n) is 15.0. The number of allylic oxidation sites excluding steroid dienone is 1. The van der Waals surface area contributed by atoms with Crippen LogP contribution in [0.5, 0.6) is 5.75 Å². The molecule has 3 nitrogen and oxygen atoms in total. The Labute approximate surface area is 158 Å². The predicted octanol–water partition coefficient (Wildman–Crippen LogP) is 5.65. The summed E-state index contributed by atoms with van der Waals surface area (Å²) in [6.45, 7) is 4.07. The molecular weight excluding hydrogens is 346 g/mol. The van der Waals surface area contributed by atoms with E-state index in [4.69, 9.17) is 16.3 Å². The molecule has 2 aromatic carbocycles. The third-order valence-corrected chi connectivity index (χ3v) is 4.56. The Bertz CT molecular complexity index is 968. The quantitative estimate of drug-likeness (QED) is 0.432. The molecule has 0 aliphatic rings. The summed E-state index contributed by atoms with van der Waals surface area (Å²) in [6.07, 6.45) is 3.46. The van der Waals surface area contributed by atoms with E-state index in [1.54, 1.807) is 37.5 Å². The van der Waals surface area contributed by atoms with Crippen molar-refractivity contribution in [2.24, 2.45) is 0 Å². The van der Waals surface area contributed by atoms with Crippen molar-refractivity contribution in [2.45, 2.75) is 13.8 Å². The van der Waals surface area contributed by atoms with Gasteiger partial charge in [-0.15, -0.1) is 0 Å². The van der Waals surface area contributed by atoms with Gasteiger partial charge in [0.25, 0.3) is 0 Å². The Balaban J connectivity index is 1.87. The van der Waals surface area contributed by atoms with Crippen molar-refractivity contribution in [1.82, 2.24) is 4.57 Å². The molecule has 26 heavy (non-hydrogen) atoms. The van der Waals surface area contributed by atoms with E-state index < -0.39 is 0 Å². The van der Waals surface area contributed by atoms with Crippen LogP contribution in [0, 0.1) is 13.8 Å². The average molecular weight is 366 g/mol. The Morgan fingerprint density at radius 3 is 2.46 bits per heavy atom. The first-order chi connectivity index (χ1) is 12.5. The van der Waals surface area contributed by atoms with Crippen molar-refractivity contribution in [3.63, 3.8) is 0 Å². The molecule has 0 atom stereocenters. The summed E-state index contributed by atoms with van der Waals surface area (Å²) in [5, 5.41) is 0.696. The van der Waals surface area contributed by atoms with E-state index in [2.05, 4.69) is 10.6 Å². The van der Waals surface area contributed by atoms with Crippen LogP contribution in [-0.2, 0) is 0 Å². The number of rotatable bonds is 5. The largest absolute Gasteiger partial charge is 0.497 e. The molecule has 1 heterocycles. The van der Waals surface area contributed by atoms with Crippen LogP contribution < -0.4 is 4.74 Å². The van der Waals surface area contributed by atoms with E-state index in [0.717, 1.165) is 28.4 Å². The number of methoxy groups -OCH3 is 1. The average Bonchev–Trinajstić information content (AvgIpc) is 2.93. The van der Waals surface area contributed by atoms with E-state index in [1.807, 2.05) is 44.2 Å². The lowest BCUT2D eigenvalue weighted by molar-refractivity contribution is 0.104. The summed E-state index contributed by atoms with van der Waals surface area (Å²) in [7, 11) is 1.60. The molecule has 0 radical (unpaired) electrons. The van der Waals surface area contributed by atoms with Gasteiger partial charge in [0, 0.05) is 27.7 Å². The van der Waals surface area contributed by atoms with Crippen molar-refractivity contribution in [1.29, 1.82) is 0 Å². The van der Waals surface area contributed by atoms with Crippen LogP contribution in [0.4, 0.5) is 0 Å². The smallest absolute Gasteiger partial charge is 0.185 e. The predicted molar refractivity (Wildman–Crippen MR) is 107 cm³/mol. The SMILES string of the molecule is COc1ccc(C(=O)/C=C/c2cc(C)n(-c3cccc(Cl)c3)c2C)cc1. The van der Waals surface area contributed by atoms with E-state index in [0.29, 0.717) is 10.6 Å². The lowest BCUT2D eigenvalue weighted by Crippen LogP contribution is -1.99. The first-order valence-electron chi connectivity index (χ1n) is 8.31. The van der Waals surface area contributed by atoms with Gasteiger partial charge in [-0.25, -0.2) is 0 Å². The minimum absolute atomic E-state index is 0.0415. The monoisotopic (exact) mass is 365 g/mol. The standard InChI is InChI=1S/C22H20ClNO2/c1-15-13-18(16(2)24(15)20-6-4-5-19(23)14-20)9-12-22(25)17-7-10-21(26-3)11-8-17/h4-14H,1-3H3/b12-9+. The number of ketones is 1. The van der Waals surface area contributed by atoms with Gasteiger partial charge in [0.05, 0.1) is 7.11 Å². The minimum Gasteiger partial charge on any atom is -0.497 e. The topological polar surface area (TPSA) is 31.2 Å². The van der Waals surface area contributed by atoms with Crippen LogP contribution in [0.2, 0.25) is 5.02 Å². The molecule has 0 saturated carbocycles. The number of aromatic nitrogens is 1. The maximum absolute atomic E-state index is 12.4. The zero-order valence-corrected chi connectivity index (χ0v) is 15.7. The minimum atomic E-state index is -0.0415. The number of hydrogen-bond donors (Lipinski definition) is 0. The zero-order chi connectivity index (χ0) is 18.7. The third kappa shape index (κ3) is 3.73. The van der Waals surface area contributed by atoms with Gasteiger partial charge in [0.15, 0.2) is 5.78 Å². The molecule has 0 spiro atoms. The van der Waals surface area contributed by atoms with Crippen molar-refractivity contribution in [2.75, 3.05) is 7.11 Å². The van der Waals surface area contributed by atoms with Crippen LogP contribution in [0.15, 0.2) is 60.7 Å². The van der Waals surface area contributed by atoms with Crippen LogP contribution in [-0.4, -0.2) is 17.5 Å². The fourth-order valence-electron chi connectivity index (χ4n) is 2.99. The Hall–Kier alpha value is -2.78. The van der Waals surface area contributed by atoms with Crippen molar-refractivity contribution in [3.8, 4) is 11.4 Å². The summed E-state index contributed by atoms with van der Waals surface area (Å²) in [5.41, 5.74) is 4.79. The van der Waals surface area contributed by atoms with Gasteiger partial charge in [-0.3, -0.25) is 4.79 Å². The Morgan fingerprint density at radius 1 is 1.08 bits per heavy atom. The van der Waals surface area contributed by atoms with Gasteiger partial charge in [0.2, 0.25) is 0 Å². The molecule has 0 N–H and O–H groups in total. The van der Waals surface area contributed by atoms with Gasteiger partial charge in [0.1, 0.15) is 5.75 Å². The molecule has 0 amide bonds. The van der Waals surface area contributed by atoms with Gasteiger partial charge < -0.3 is 9.30 Å². The molecule has 4 heteroatoms. The summed E-state index contributed by atoms with van der Waals surface area (Å²) >= 11 is 6.12. The second-order valence-corrected chi connectivity index (χ2v) is 6.50. The molecule has 132 valence electrons. The number of benzene rings is 2. The summed E-state index contributed by atoms with van der Waals surface area (Å²) in [6, 6.07) is 16.9. The molecule has 0 bridgehead atoms. The number of carbonyl (C=O) groups excluding carboxylic acids is 1. The van der Waals surface area contributed by atoms with Gasteiger partial charge >= 0.3 is 0 Å². The van der Waals surface area contributed by atoms with Crippen LogP contribution in [0.25, 0.3) is 11.8 Å². The van der Waals surface area contributed by atoms with Gasteiger partial charge in [-0.05, 0) is 80.1 Å². The lowest BCUT2D eigenvalue weighted by Gasteiger charge is -2.09. The van der Waals surface area contributed by atoms with Crippen molar-refractivity contribution >= 4 is 23.5 Å². The number of nitrogens with zero attached hydrogens (tertiary/aromatic N) is 1. The number of hydrogen-bond acceptors (Lipinski definition) is 2. The molecule has 0 saturated heterocycles. The molecule has 0 aliphatic heterocycles. The molecule has 3 rings (SSSR count). The van der Waals surface area contributed by atoms with E-state index >= 15 is 0 Å². The first-order valence-corrected chi connectivity index (χ1v) is 8.69. The molecule has 0 unspecified atom stereocenters. The number of ether oxygens (including phenoxy) is 1. The number of aryl methyl sites for hydroxylation is 1. The Kier molecular flexibility index (Phi) is 5.29. The second kappa shape index (κ2) is 7.63. The maximum atomic E-state index is 12.4. The van der Waals surface area contributed by atoms with Crippen molar-refractivity contribution in [3.05, 3.63) is 88.2 Å². The molecule has 3 aromatic rings. The van der Waals surface area contributed by atoms with Crippen molar-refractivity contribution < 1.29 is 9.53 Å². The molecule has 0 fully saturated rings. The highest BCUT2D eigenvalue weighted by atomic mass is 35.5. The normalized spacial score (nSPS) is 11.1.